The van der Waals surface area contributed by atoms with E-state index in [1.165, 1.54) is 49.6 Å². The van der Waals surface area contributed by atoms with Crippen LogP contribution in [0.5, 0.6) is 0 Å². The summed E-state index contributed by atoms with van der Waals surface area (Å²) in [6.07, 6.45) is 7.12. The van der Waals surface area contributed by atoms with Gasteiger partial charge in [-0.1, -0.05) is 37.4 Å². The summed E-state index contributed by atoms with van der Waals surface area (Å²) >= 11 is 1.18. The van der Waals surface area contributed by atoms with E-state index in [-0.39, 0.29) is 11.7 Å². The summed E-state index contributed by atoms with van der Waals surface area (Å²) in [5.41, 5.74) is 0.316. The van der Waals surface area contributed by atoms with E-state index in [0.29, 0.717) is 10.8 Å². The molecule has 1 aliphatic carbocycles. The third-order valence-electron chi connectivity index (χ3n) is 4.81. The van der Waals surface area contributed by atoms with E-state index in [9.17, 15) is 22.0 Å². The molecule has 0 aliphatic heterocycles. The van der Waals surface area contributed by atoms with Crippen LogP contribution in [-0.2, 0) is 21.1 Å². The Labute approximate surface area is 172 Å². The van der Waals surface area contributed by atoms with Gasteiger partial charge in [0.25, 0.3) is 0 Å². The molecule has 2 aromatic rings. The molecule has 1 aliphatic rings. The van der Waals surface area contributed by atoms with E-state index in [0.717, 1.165) is 36.7 Å². The largest absolute Gasteiger partial charge is 0.341 e. The van der Waals surface area contributed by atoms with E-state index < -0.39 is 20.5 Å². The molecule has 29 heavy (non-hydrogen) atoms. The summed E-state index contributed by atoms with van der Waals surface area (Å²) in [4.78, 5) is 15.9. The van der Waals surface area contributed by atoms with Crippen LogP contribution in [0.1, 0.15) is 37.9 Å². The second-order valence-electron chi connectivity index (χ2n) is 6.92. The fourth-order valence-electron chi connectivity index (χ4n) is 3.25. The number of benzene rings is 1. The van der Waals surface area contributed by atoms with Crippen molar-refractivity contribution < 1.29 is 22.0 Å². The quantitative estimate of drug-likeness (QED) is 0.572. The fourth-order valence-corrected chi connectivity index (χ4v) is 4.59. The molecule has 3 rings (SSSR count). The first-order valence-corrected chi connectivity index (χ1v) is 11.8. The molecule has 2 N–H and O–H groups in total. The Morgan fingerprint density at radius 3 is 2.59 bits per heavy atom. The lowest BCUT2D eigenvalue weighted by Gasteiger charge is -2.06. The Morgan fingerprint density at radius 1 is 1.24 bits per heavy atom. The topological polar surface area (TPSA) is 105 Å². The molecule has 0 bridgehead atoms. The number of carbonyl (C=O) groups excluding carboxylic acids is 1. The maximum atomic E-state index is 12.5. The van der Waals surface area contributed by atoms with Crippen molar-refractivity contribution in [2.24, 2.45) is 5.92 Å². The first kappa shape index (κ1) is 21.7. The van der Waals surface area contributed by atoms with Gasteiger partial charge in [0.1, 0.15) is 5.82 Å². The number of amides is 1. The van der Waals surface area contributed by atoms with Crippen LogP contribution in [0, 0.1) is 5.92 Å². The third kappa shape index (κ3) is 5.99. The molecule has 0 saturated heterocycles. The number of anilines is 1. The van der Waals surface area contributed by atoms with E-state index in [4.69, 9.17) is 0 Å². The van der Waals surface area contributed by atoms with Crippen LogP contribution in [0.3, 0.4) is 0 Å². The lowest BCUT2D eigenvalue weighted by molar-refractivity contribution is -0.113. The molecular weight excluding hydrogens is 422 g/mol. The molecule has 1 fully saturated rings. The molecule has 7 nitrogen and oxygen atoms in total. The number of H-pyrrole nitrogens is 1. The summed E-state index contributed by atoms with van der Waals surface area (Å²) in [5.74, 6) is -2.17. The second kappa shape index (κ2) is 9.66. The molecule has 0 unspecified atom stereocenters. The van der Waals surface area contributed by atoms with Crippen LogP contribution in [0.25, 0.3) is 0 Å². The van der Waals surface area contributed by atoms with Crippen molar-refractivity contribution in [2.45, 2.75) is 54.3 Å². The summed E-state index contributed by atoms with van der Waals surface area (Å²) in [6.45, 7) is 0. The standard InChI is InChI=1S/C18H22F2N4O3S2/c19-17(20)29(26,27)14-8-6-13(7-9-14)21-16(25)11-28-18-22-15(23-24-18)10-5-12-3-1-2-4-12/h6-9,12,17H,1-5,10-11H2,(H,21,25)(H,22,23,24). The van der Waals surface area contributed by atoms with Crippen molar-refractivity contribution in [1.82, 2.24) is 15.2 Å². The molecule has 158 valence electrons. The maximum Gasteiger partial charge on any atom is 0.341 e. The summed E-state index contributed by atoms with van der Waals surface area (Å²) in [5, 5.41) is 10.1. The number of aromatic nitrogens is 3. The number of nitrogens with one attached hydrogen (secondary N) is 2. The zero-order valence-electron chi connectivity index (χ0n) is 15.6. The van der Waals surface area contributed by atoms with Crippen molar-refractivity contribution in [3.63, 3.8) is 0 Å². The zero-order chi connectivity index (χ0) is 20.9. The molecule has 11 heteroatoms. The van der Waals surface area contributed by atoms with Crippen molar-refractivity contribution in [3.8, 4) is 0 Å². The zero-order valence-corrected chi connectivity index (χ0v) is 17.2. The van der Waals surface area contributed by atoms with Gasteiger partial charge in [-0.25, -0.2) is 13.4 Å². The summed E-state index contributed by atoms with van der Waals surface area (Å²) in [6, 6.07) is 4.61. The highest BCUT2D eigenvalue weighted by atomic mass is 32.2. The predicted octanol–water partition coefficient (Wildman–Crippen LogP) is 3.65. The lowest BCUT2D eigenvalue weighted by atomic mass is 10.0. The van der Waals surface area contributed by atoms with Crippen LogP contribution in [0.2, 0.25) is 0 Å². The van der Waals surface area contributed by atoms with Gasteiger partial charge >= 0.3 is 5.76 Å². The van der Waals surface area contributed by atoms with Gasteiger partial charge in [-0.2, -0.15) is 8.78 Å². The van der Waals surface area contributed by atoms with Gasteiger partial charge in [-0.05, 0) is 36.6 Å². The van der Waals surface area contributed by atoms with Crippen molar-refractivity contribution in [3.05, 3.63) is 30.1 Å². The van der Waals surface area contributed by atoms with E-state index in [2.05, 4.69) is 20.5 Å². The maximum absolute atomic E-state index is 12.5. The number of sulfone groups is 1. The van der Waals surface area contributed by atoms with Crippen LogP contribution in [-0.4, -0.2) is 41.0 Å². The van der Waals surface area contributed by atoms with Crippen molar-refractivity contribution in [2.75, 3.05) is 11.1 Å². The number of hydrogen-bond donors (Lipinski definition) is 2. The number of carbonyl (C=O) groups is 1. The van der Waals surface area contributed by atoms with E-state index in [1.807, 2.05) is 0 Å². The number of halogens is 2. The minimum atomic E-state index is -4.65. The number of hydrogen-bond acceptors (Lipinski definition) is 6. The number of alkyl halides is 2. The Kier molecular flexibility index (Phi) is 7.23. The fraction of sp³-hybridized carbons (Fsp3) is 0.500. The molecule has 0 spiro atoms. The predicted molar refractivity (Wildman–Crippen MR) is 106 cm³/mol. The average Bonchev–Trinajstić information content (AvgIpc) is 3.37. The first-order chi connectivity index (χ1) is 13.8. The normalized spacial score (nSPS) is 15.1. The van der Waals surface area contributed by atoms with Crippen LogP contribution in [0.15, 0.2) is 34.3 Å². The first-order valence-electron chi connectivity index (χ1n) is 9.30. The molecular formula is C18H22F2N4O3S2. The van der Waals surface area contributed by atoms with Crippen LogP contribution >= 0.6 is 11.8 Å². The smallest absolute Gasteiger partial charge is 0.325 e. The average molecular weight is 445 g/mol. The Hall–Kier alpha value is -2.01. The molecule has 1 aromatic heterocycles. The van der Waals surface area contributed by atoms with Gasteiger partial charge in [0.15, 0.2) is 0 Å². The van der Waals surface area contributed by atoms with Gasteiger partial charge < -0.3 is 5.32 Å². The van der Waals surface area contributed by atoms with Gasteiger partial charge in [0, 0.05) is 12.1 Å². The van der Waals surface area contributed by atoms with Gasteiger partial charge in [-0.3, -0.25) is 9.89 Å². The number of nitrogens with zero attached hydrogens (tertiary/aromatic N) is 2. The SMILES string of the molecule is O=C(CSc1n[nH]c(CCC2CCCC2)n1)Nc1ccc(S(=O)(=O)C(F)F)cc1. The number of aryl methyl sites for hydroxylation is 1. The molecule has 1 amide bonds. The minimum absolute atomic E-state index is 0.0665. The number of aromatic amines is 1. The summed E-state index contributed by atoms with van der Waals surface area (Å²) in [7, 11) is -4.65. The van der Waals surface area contributed by atoms with E-state index >= 15 is 0 Å². The Balaban J connectivity index is 1.45. The molecule has 1 heterocycles. The second-order valence-corrected chi connectivity index (χ2v) is 9.78. The van der Waals surface area contributed by atoms with Crippen LogP contribution < -0.4 is 5.32 Å². The van der Waals surface area contributed by atoms with Crippen LogP contribution in [0.4, 0.5) is 14.5 Å². The highest BCUT2D eigenvalue weighted by Gasteiger charge is 2.26. The molecule has 1 aromatic carbocycles. The monoisotopic (exact) mass is 444 g/mol. The highest BCUT2D eigenvalue weighted by molar-refractivity contribution is 7.99. The van der Waals surface area contributed by atoms with E-state index in [1.54, 1.807) is 0 Å². The minimum Gasteiger partial charge on any atom is -0.325 e. The Morgan fingerprint density at radius 2 is 1.93 bits per heavy atom. The molecule has 0 radical (unpaired) electrons. The van der Waals surface area contributed by atoms with Gasteiger partial charge in [0.05, 0.1) is 10.6 Å². The molecule has 0 atom stereocenters. The highest BCUT2D eigenvalue weighted by Crippen LogP contribution is 2.28. The van der Waals surface area contributed by atoms with Gasteiger partial charge in [-0.15, -0.1) is 5.10 Å². The number of thioether (sulfide) groups is 1. The van der Waals surface area contributed by atoms with Crippen molar-refractivity contribution >= 4 is 33.2 Å². The summed E-state index contributed by atoms with van der Waals surface area (Å²) < 4.78 is 47.8. The lowest BCUT2D eigenvalue weighted by Crippen LogP contribution is -2.15. The third-order valence-corrected chi connectivity index (χ3v) is 7.05. The Bertz CT molecular complexity index is 927. The van der Waals surface area contributed by atoms with Gasteiger partial charge in [0.2, 0.25) is 20.9 Å². The molecule has 1 saturated carbocycles. The number of rotatable bonds is 9. The van der Waals surface area contributed by atoms with Crippen molar-refractivity contribution in [1.29, 1.82) is 0 Å².